The van der Waals surface area contributed by atoms with Crippen LogP contribution in [-0.2, 0) is 14.3 Å². The van der Waals surface area contributed by atoms with Gasteiger partial charge in [0.25, 0.3) is 0 Å². The number of carbonyl (C=O) groups is 3. The van der Waals surface area contributed by atoms with Gasteiger partial charge in [0.1, 0.15) is 6.04 Å². The minimum atomic E-state index is -1.21. The smallest absolute Gasteiger partial charge is 0.326 e. The summed E-state index contributed by atoms with van der Waals surface area (Å²) >= 11 is 0. The standard InChI is InChI=1S/C11H16N2O5/c1-3-4-7-12-11(17)13-8(10(15)16)5-6-9(14)18-2/h8H,5-7H2,1-2H3,(H,15,16)(H2,12,13,17)/t8-/m0/s1. The molecule has 0 spiro atoms. The number of carboxylic acid groups (broad SMARTS) is 1. The van der Waals surface area contributed by atoms with Gasteiger partial charge < -0.3 is 20.5 Å². The van der Waals surface area contributed by atoms with E-state index in [0.717, 1.165) is 0 Å². The maximum Gasteiger partial charge on any atom is 0.326 e. The molecular weight excluding hydrogens is 240 g/mol. The summed E-state index contributed by atoms with van der Waals surface area (Å²) in [6.07, 6.45) is -0.114. The lowest BCUT2D eigenvalue weighted by atomic mass is 10.1. The summed E-state index contributed by atoms with van der Waals surface area (Å²) in [5.74, 6) is 3.43. The molecule has 0 rings (SSSR count). The number of aliphatic carboxylic acids is 1. The van der Waals surface area contributed by atoms with E-state index < -0.39 is 24.0 Å². The van der Waals surface area contributed by atoms with E-state index in [0.29, 0.717) is 0 Å². The van der Waals surface area contributed by atoms with E-state index in [2.05, 4.69) is 27.2 Å². The number of amides is 2. The largest absolute Gasteiger partial charge is 0.480 e. The number of urea groups is 1. The second kappa shape index (κ2) is 8.87. The number of hydrogen-bond donors (Lipinski definition) is 3. The number of ether oxygens (including phenoxy) is 1. The Morgan fingerprint density at radius 1 is 1.39 bits per heavy atom. The van der Waals surface area contributed by atoms with Gasteiger partial charge in [0.2, 0.25) is 0 Å². The average molecular weight is 256 g/mol. The molecule has 0 aromatic carbocycles. The molecule has 18 heavy (non-hydrogen) atoms. The van der Waals surface area contributed by atoms with Gasteiger partial charge in [-0.05, 0) is 13.3 Å². The molecule has 0 aromatic rings. The van der Waals surface area contributed by atoms with Gasteiger partial charge >= 0.3 is 18.0 Å². The van der Waals surface area contributed by atoms with Gasteiger partial charge in [0.15, 0.2) is 0 Å². The molecule has 0 radical (unpaired) electrons. The second-order valence-electron chi connectivity index (χ2n) is 3.26. The topological polar surface area (TPSA) is 105 Å². The summed E-state index contributed by atoms with van der Waals surface area (Å²) in [7, 11) is 1.21. The lowest BCUT2D eigenvalue weighted by molar-refractivity contribution is -0.142. The summed E-state index contributed by atoms with van der Waals surface area (Å²) in [6, 6.07) is -1.78. The zero-order valence-corrected chi connectivity index (χ0v) is 10.3. The van der Waals surface area contributed by atoms with Crippen LogP contribution in [0.3, 0.4) is 0 Å². The predicted molar refractivity (Wildman–Crippen MR) is 62.7 cm³/mol. The van der Waals surface area contributed by atoms with Gasteiger partial charge in [-0.2, -0.15) is 0 Å². The molecular formula is C11H16N2O5. The van der Waals surface area contributed by atoms with Crippen molar-refractivity contribution in [1.82, 2.24) is 10.6 Å². The molecule has 0 unspecified atom stereocenters. The van der Waals surface area contributed by atoms with E-state index in [1.54, 1.807) is 6.92 Å². The van der Waals surface area contributed by atoms with Gasteiger partial charge in [-0.1, -0.05) is 5.92 Å². The van der Waals surface area contributed by atoms with E-state index >= 15 is 0 Å². The molecule has 0 heterocycles. The molecule has 0 saturated heterocycles. The van der Waals surface area contributed by atoms with E-state index in [4.69, 9.17) is 5.11 Å². The number of nitrogens with one attached hydrogen (secondary N) is 2. The van der Waals surface area contributed by atoms with Crippen LogP contribution in [0.5, 0.6) is 0 Å². The Hall–Kier alpha value is -2.23. The Kier molecular flexibility index (Phi) is 7.77. The molecule has 100 valence electrons. The van der Waals surface area contributed by atoms with Crippen molar-refractivity contribution in [3.63, 3.8) is 0 Å². The molecule has 0 aliphatic heterocycles. The van der Waals surface area contributed by atoms with Gasteiger partial charge in [0.05, 0.1) is 13.7 Å². The van der Waals surface area contributed by atoms with Crippen molar-refractivity contribution in [2.24, 2.45) is 0 Å². The molecule has 0 aliphatic carbocycles. The lowest BCUT2D eigenvalue weighted by Gasteiger charge is -2.13. The Morgan fingerprint density at radius 3 is 2.56 bits per heavy atom. The van der Waals surface area contributed by atoms with Crippen LogP contribution in [0.4, 0.5) is 4.79 Å². The fourth-order valence-electron chi connectivity index (χ4n) is 1.04. The zero-order chi connectivity index (χ0) is 14.0. The zero-order valence-electron chi connectivity index (χ0n) is 10.3. The predicted octanol–water partition coefficient (Wildman–Crippen LogP) is -0.285. The van der Waals surface area contributed by atoms with Crippen molar-refractivity contribution in [3.8, 4) is 11.8 Å². The number of rotatable bonds is 6. The molecule has 0 aliphatic rings. The summed E-state index contributed by atoms with van der Waals surface area (Å²) in [5.41, 5.74) is 0. The van der Waals surface area contributed by atoms with Gasteiger partial charge in [-0.15, -0.1) is 5.92 Å². The van der Waals surface area contributed by atoms with Crippen molar-refractivity contribution in [2.45, 2.75) is 25.8 Å². The third-order valence-corrected chi connectivity index (χ3v) is 1.98. The Labute approximate surface area is 105 Å². The fraction of sp³-hybridized carbons (Fsp3) is 0.545. The lowest BCUT2D eigenvalue weighted by Crippen LogP contribution is -2.46. The first-order valence-electron chi connectivity index (χ1n) is 5.24. The van der Waals surface area contributed by atoms with Crippen molar-refractivity contribution in [3.05, 3.63) is 0 Å². The highest BCUT2D eigenvalue weighted by molar-refractivity contribution is 5.83. The molecule has 0 aromatic heterocycles. The van der Waals surface area contributed by atoms with Crippen molar-refractivity contribution in [2.75, 3.05) is 13.7 Å². The van der Waals surface area contributed by atoms with Gasteiger partial charge in [0, 0.05) is 6.42 Å². The number of esters is 1. The molecule has 0 fully saturated rings. The van der Waals surface area contributed by atoms with Crippen LogP contribution in [-0.4, -0.2) is 42.8 Å². The second-order valence-corrected chi connectivity index (χ2v) is 3.26. The van der Waals surface area contributed by atoms with Crippen LogP contribution in [0.2, 0.25) is 0 Å². The number of carboxylic acids is 1. The highest BCUT2D eigenvalue weighted by atomic mass is 16.5. The summed E-state index contributed by atoms with van der Waals surface area (Å²) < 4.78 is 4.39. The molecule has 3 N–H and O–H groups in total. The normalized spacial score (nSPS) is 10.6. The maximum atomic E-state index is 11.3. The molecule has 7 nitrogen and oxygen atoms in total. The molecule has 7 heteroatoms. The number of carbonyl (C=O) groups excluding carboxylic acids is 2. The van der Waals surface area contributed by atoms with Crippen LogP contribution < -0.4 is 10.6 Å². The summed E-state index contributed by atoms with van der Waals surface area (Å²) in [6.45, 7) is 1.75. The minimum Gasteiger partial charge on any atom is -0.480 e. The van der Waals surface area contributed by atoms with Crippen LogP contribution >= 0.6 is 0 Å². The van der Waals surface area contributed by atoms with Crippen LogP contribution in [0.25, 0.3) is 0 Å². The van der Waals surface area contributed by atoms with Gasteiger partial charge in [-0.25, -0.2) is 9.59 Å². The molecule has 2 amide bonds. The van der Waals surface area contributed by atoms with Crippen molar-refractivity contribution >= 4 is 18.0 Å². The molecule has 1 atom stereocenters. The van der Waals surface area contributed by atoms with Gasteiger partial charge in [-0.3, -0.25) is 4.79 Å². The van der Waals surface area contributed by atoms with E-state index in [-0.39, 0.29) is 19.4 Å². The number of hydrogen-bond acceptors (Lipinski definition) is 4. The SMILES string of the molecule is CC#CCNC(=O)N[C@@H](CCC(=O)OC)C(=O)O. The monoisotopic (exact) mass is 256 g/mol. The minimum absolute atomic E-state index is 0.0329. The third kappa shape index (κ3) is 7.11. The Morgan fingerprint density at radius 2 is 2.06 bits per heavy atom. The molecule has 0 bridgehead atoms. The van der Waals surface area contributed by atoms with Crippen LogP contribution in [0, 0.1) is 11.8 Å². The average Bonchev–Trinajstić information content (AvgIpc) is 2.33. The van der Waals surface area contributed by atoms with E-state index in [1.165, 1.54) is 7.11 Å². The van der Waals surface area contributed by atoms with Crippen LogP contribution in [0.1, 0.15) is 19.8 Å². The highest BCUT2D eigenvalue weighted by Crippen LogP contribution is 1.99. The summed E-state index contributed by atoms with van der Waals surface area (Å²) in [5, 5.41) is 13.5. The maximum absolute atomic E-state index is 11.3. The number of methoxy groups -OCH3 is 1. The van der Waals surface area contributed by atoms with Crippen molar-refractivity contribution in [1.29, 1.82) is 0 Å². The fourth-order valence-corrected chi connectivity index (χ4v) is 1.04. The molecule has 0 saturated carbocycles. The first-order chi connectivity index (χ1) is 8.51. The van der Waals surface area contributed by atoms with Crippen molar-refractivity contribution < 1.29 is 24.2 Å². The van der Waals surface area contributed by atoms with E-state index in [9.17, 15) is 14.4 Å². The van der Waals surface area contributed by atoms with E-state index in [1.807, 2.05) is 0 Å². The third-order valence-electron chi connectivity index (χ3n) is 1.98. The quantitative estimate of drug-likeness (QED) is 0.447. The Balaban J connectivity index is 4.17. The first kappa shape index (κ1) is 15.8. The Bertz CT molecular complexity index is 369. The first-order valence-corrected chi connectivity index (χ1v) is 5.24. The highest BCUT2D eigenvalue weighted by Gasteiger charge is 2.20. The van der Waals surface area contributed by atoms with Crippen LogP contribution in [0.15, 0.2) is 0 Å². The summed E-state index contributed by atoms with van der Waals surface area (Å²) in [4.78, 5) is 33.0.